The first-order chi connectivity index (χ1) is 40.7. The van der Waals surface area contributed by atoms with Crippen molar-refractivity contribution in [1.82, 2.24) is 9.80 Å². The molecule has 26 atom stereocenters. The zero-order valence-corrected chi connectivity index (χ0v) is 56.8. The number of aliphatic hydroxyl groups is 5. The number of ether oxygens (including phenoxy) is 8. The maximum atomic E-state index is 14.0. The van der Waals surface area contributed by atoms with Gasteiger partial charge in [-0.3, -0.25) is 33.7 Å². The Morgan fingerprint density at radius 1 is 0.545 bits per heavy atom. The second-order valence-electron chi connectivity index (χ2n) is 27.0. The van der Waals surface area contributed by atoms with Gasteiger partial charge >= 0.3 is 11.9 Å². The summed E-state index contributed by atoms with van der Waals surface area (Å²) in [5.41, 5.74) is -6.34. The van der Waals surface area contributed by atoms with E-state index in [9.17, 15) is 54.3 Å². The SMILES string of the molecule is C#CCCN(C)[C@H]1C[C@@H](C)O[C@@H](O[C@@H]2[C@@H](C)C(=O)[C@@H](C)C(=O)O[C@H](CC)[C@@](C)(O)[C@H](O)[C@@H](C)C(=O)[C@H](C)C[C@@]2(C)OC)[C@@H]1C.C#CCCN(C)[C@H]1C[C@@H](C)O[C@@H](O[C@@H]2[C@@H](C)C(=O)[C@@H](C)C(=O)O[C@H](CC)[C@@](C)(O)[C@H](O)[C@@H](C)C(=O)[C@H](C)C[C@@]2(C)OC)[C@@H]1O. The van der Waals surface area contributed by atoms with E-state index < -0.39 is 149 Å². The number of nitrogens with zero attached hydrogens (tertiary/aromatic N) is 2. The third-order valence-electron chi connectivity index (χ3n) is 20.0. The highest BCUT2D eigenvalue weighted by atomic mass is 16.7. The molecule has 21 heteroatoms. The molecule has 0 aliphatic carbocycles. The maximum Gasteiger partial charge on any atom is 0.316 e. The number of esters is 2. The number of cyclic esters (lactones) is 2. The zero-order valence-electron chi connectivity index (χ0n) is 56.8. The number of likely N-dealkylation sites (N-methyl/N-ethyl adjacent to an activating group) is 1. The Kier molecular flexibility index (Phi) is 29.6. The minimum absolute atomic E-state index is 0.0731. The molecule has 0 radical (unpaired) electrons. The van der Waals surface area contributed by atoms with Crippen molar-refractivity contribution < 1.29 is 92.2 Å². The van der Waals surface area contributed by atoms with E-state index in [4.69, 9.17) is 50.7 Å². The highest BCUT2D eigenvalue weighted by Gasteiger charge is 2.55. The number of carbonyl (C=O) groups is 6. The molecule has 21 nitrogen and oxygen atoms in total. The van der Waals surface area contributed by atoms with Crippen molar-refractivity contribution in [1.29, 1.82) is 0 Å². The lowest BCUT2D eigenvalue weighted by molar-refractivity contribution is -0.296. The van der Waals surface area contributed by atoms with Gasteiger partial charge in [0.15, 0.2) is 24.1 Å². The summed E-state index contributed by atoms with van der Waals surface area (Å²) in [4.78, 5) is 85.9. The highest BCUT2D eigenvalue weighted by molar-refractivity contribution is 6.00. The first kappa shape index (κ1) is 78.5. The van der Waals surface area contributed by atoms with E-state index in [0.717, 1.165) is 6.42 Å². The third kappa shape index (κ3) is 18.3. The Morgan fingerprint density at radius 2 is 0.886 bits per heavy atom. The topological polar surface area (TPSA) is 284 Å². The first-order valence-corrected chi connectivity index (χ1v) is 31.8. The predicted molar refractivity (Wildman–Crippen MR) is 330 cm³/mol. The highest BCUT2D eigenvalue weighted by Crippen LogP contribution is 2.42. The molecule has 4 saturated heterocycles. The standard InChI is InChI=1S/C34H57NO9.C33H55NO10/c1-13-15-16-35(11)25-17-20(4)42-32(21(25)5)44-30-23(7)28(37)24(8)31(39)43-26(14-2)34(10,40)29(38)22(6)27(36)19(3)18-33(30,9)41-12;1-12-14-15-34(10)23-16-19(4)42-31(27(23)37)44-29-21(6)26(36)22(7)30(39)43-24(13-2)33(9,40)28(38)20(5)25(35)18(3)17-32(29,8)41-11/h1,19-26,29-30,32,38,40H,14-18H2,2-12H3;1,18-24,27-29,31,37-38,40H,13-17H2,2-11H3/t19-,20-,21-,22+,23+,24-,25+,26-,29-,30-,32+,33-,34-;18-,19-,20+,21+,22-,23+,24-,27-,28-,29-,31+,32-,33-/m11/s1. The van der Waals surface area contributed by atoms with Crippen LogP contribution in [0, 0.1) is 77.9 Å². The van der Waals surface area contributed by atoms with E-state index in [1.807, 2.05) is 39.8 Å². The maximum absolute atomic E-state index is 14.0. The van der Waals surface area contributed by atoms with E-state index >= 15 is 0 Å². The lowest BCUT2D eigenvalue weighted by Crippen LogP contribution is -2.60. The molecule has 504 valence electrons. The number of carbonyl (C=O) groups excluding carboxylic acids is 6. The molecule has 4 heterocycles. The van der Waals surface area contributed by atoms with Gasteiger partial charge in [-0.25, -0.2) is 0 Å². The average Bonchev–Trinajstić information content (AvgIpc) is 3.59. The normalized spacial score (nSPS) is 43.3. The summed E-state index contributed by atoms with van der Waals surface area (Å²) in [5, 5.41) is 56.3. The quantitative estimate of drug-likeness (QED) is 0.0814. The largest absolute Gasteiger partial charge is 0.459 e. The van der Waals surface area contributed by atoms with Crippen LogP contribution < -0.4 is 0 Å². The van der Waals surface area contributed by atoms with Crippen LogP contribution in [0.5, 0.6) is 0 Å². The van der Waals surface area contributed by atoms with Crippen molar-refractivity contribution in [3.63, 3.8) is 0 Å². The fourth-order valence-electron chi connectivity index (χ4n) is 13.8. The van der Waals surface area contributed by atoms with Gasteiger partial charge in [0.1, 0.15) is 52.9 Å². The minimum Gasteiger partial charge on any atom is -0.459 e. The van der Waals surface area contributed by atoms with Crippen LogP contribution >= 0.6 is 0 Å². The van der Waals surface area contributed by atoms with E-state index in [2.05, 4.69) is 16.7 Å². The molecule has 4 aliphatic heterocycles. The smallest absolute Gasteiger partial charge is 0.316 e. The number of terminal acetylenes is 2. The van der Waals surface area contributed by atoms with Gasteiger partial charge in [0.2, 0.25) is 0 Å². The minimum atomic E-state index is -1.96. The van der Waals surface area contributed by atoms with Crippen LogP contribution in [0.1, 0.15) is 169 Å². The Hall–Kier alpha value is -3.78. The van der Waals surface area contributed by atoms with E-state index in [0.29, 0.717) is 32.4 Å². The van der Waals surface area contributed by atoms with Gasteiger partial charge in [0.25, 0.3) is 0 Å². The van der Waals surface area contributed by atoms with Gasteiger partial charge < -0.3 is 68.3 Å². The molecule has 0 spiro atoms. The summed E-state index contributed by atoms with van der Waals surface area (Å²) in [6.45, 7) is 29.4. The molecule has 0 amide bonds. The van der Waals surface area contributed by atoms with Crippen LogP contribution in [0.25, 0.3) is 0 Å². The molecule has 0 aromatic carbocycles. The van der Waals surface area contributed by atoms with Crippen molar-refractivity contribution in [2.24, 2.45) is 53.3 Å². The summed E-state index contributed by atoms with van der Waals surface area (Å²) in [7, 11) is 6.84. The summed E-state index contributed by atoms with van der Waals surface area (Å²) in [5.74, 6) is -5.68. The average molecular weight is 1250 g/mol. The van der Waals surface area contributed by atoms with Gasteiger partial charge in [-0.05, 0) is 108 Å². The van der Waals surface area contributed by atoms with Crippen molar-refractivity contribution in [2.45, 2.75) is 271 Å². The Balaban J connectivity index is 0.000000460. The lowest BCUT2D eigenvalue weighted by Gasteiger charge is -2.48. The molecule has 0 saturated carbocycles. The summed E-state index contributed by atoms with van der Waals surface area (Å²) in [6, 6.07) is -0.239. The van der Waals surface area contributed by atoms with E-state index in [1.54, 1.807) is 62.3 Å². The van der Waals surface area contributed by atoms with Crippen LogP contribution in [-0.2, 0) is 66.7 Å². The third-order valence-corrected chi connectivity index (χ3v) is 20.0. The molecule has 0 aromatic heterocycles. The number of rotatable bonds is 14. The van der Waals surface area contributed by atoms with E-state index in [1.165, 1.54) is 48.8 Å². The van der Waals surface area contributed by atoms with Gasteiger partial charge in [0.05, 0.1) is 47.8 Å². The Labute approximate surface area is 525 Å². The monoisotopic (exact) mass is 1250 g/mol. The second-order valence-corrected chi connectivity index (χ2v) is 27.0. The fourth-order valence-corrected chi connectivity index (χ4v) is 13.8. The zero-order chi connectivity index (χ0) is 67.5. The molecule has 4 fully saturated rings. The van der Waals surface area contributed by atoms with E-state index in [-0.39, 0.29) is 67.5 Å². The second kappa shape index (κ2) is 33.2. The molecule has 88 heavy (non-hydrogen) atoms. The van der Waals surface area contributed by atoms with Crippen LogP contribution in [0.3, 0.4) is 0 Å². The van der Waals surface area contributed by atoms with Crippen LogP contribution in [-0.4, -0.2) is 214 Å². The van der Waals surface area contributed by atoms with Crippen molar-refractivity contribution in [2.75, 3.05) is 41.4 Å². The number of Topliss-reactive ketones (excluding diaryl/α,β-unsaturated/α-hetero) is 4. The lowest BCUT2D eigenvalue weighted by atomic mass is 9.74. The predicted octanol–water partition coefficient (Wildman–Crippen LogP) is 5.51. The molecule has 0 aromatic rings. The Morgan fingerprint density at radius 3 is 1.24 bits per heavy atom. The fraction of sp³-hybridized carbons (Fsp3) is 0.851. The molecule has 0 unspecified atom stereocenters. The molecule has 5 N–H and O–H groups in total. The number of hydrogen-bond donors (Lipinski definition) is 5. The number of methoxy groups -OCH3 is 2. The number of ketones is 4. The molecule has 4 aliphatic rings. The van der Waals surface area contributed by atoms with Gasteiger partial charge in [-0.1, -0.05) is 62.3 Å². The first-order valence-electron chi connectivity index (χ1n) is 31.8. The Bertz CT molecular complexity index is 2240. The number of hydrogen-bond acceptors (Lipinski definition) is 21. The van der Waals surface area contributed by atoms with Crippen LogP contribution in [0.4, 0.5) is 0 Å². The molecular formula is C67H112N2O19. The summed E-state index contributed by atoms with van der Waals surface area (Å²) >= 11 is 0. The molecule has 4 rings (SSSR count). The molecule has 0 bridgehead atoms. The van der Waals surface area contributed by atoms with Gasteiger partial charge in [0, 0.05) is 93.7 Å². The number of aliphatic hydroxyl groups excluding tert-OH is 3. The van der Waals surface area contributed by atoms with Crippen molar-refractivity contribution >= 4 is 35.1 Å². The summed E-state index contributed by atoms with van der Waals surface area (Å²) in [6.07, 6.45) is 3.16. The summed E-state index contributed by atoms with van der Waals surface area (Å²) < 4.78 is 49.0. The van der Waals surface area contributed by atoms with Crippen LogP contribution in [0.15, 0.2) is 0 Å². The van der Waals surface area contributed by atoms with Crippen LogP contribution in [0.2, 0.25) is 0 Å². The van der Waals surface area contributed by atoms with Gasteiger partial charge in [-0.15, -0.1) is 24.7 Å². The van der Waals surface area contributed by atoms with Crippen molar-refractivity contribution in [3.8, 4) is 24.7 Å². The van der Waals surface area contributed by atoms with Gasteiger partial charge in [-0.2, -0.15) is 0 Å². The van der Waals surface area contributed by atoms with Crippen molar-refractivity contribution in [3.05, 3.63) is 0 Å². The molecular weight excluding hydrogens is 1140 g/mol.